The van der Waals surface area contributed by atoms with Crippen LogP contribution in [0.1, 0.15) is 17.5 Å². The zero-order valence-electron chi connectivity index (χ0n) is 12.2. The average Bonchev–Trinajstić information content (AvgIpc) is 2.42. The number of hydrogen-bond acceptors (Lipinski definition) is 2. The molecular weight excluding hydrogens is 267 g/mol. The van der Waals surface area contributed by atoms with E-state index in [0.29, 0.717) is 18.7 Å². The van der Waals surface area contributed by atoms with Crippen LogP contribution in [-0.4, -0.2) is 12.5 Å². The third kappa shape index (κ3) is 4.31. The number of anilines is 2. The second-order valence-corrected chi connectivity index (χ2v) is 5.00. The predicted octanol–water partition coefficient (Wildman–Crippen LogP) is 3.88. The SMILES string of the molecule is Cc1cccc(C)c1NCCC(=O)Nc1cccc(F)c1. The first-order valence-corrected chi connectivity index (χ1v) is 6.92. The van der Waals surface area contributed by atoms with E-state index >= 15 is 0 Å². The van der Waals surface area contributed by atoms with Gasteiger partial charge < -0.3 is 10.6 Å². The third-order valence-electron chi connectivity index (χ3n) is 3.24. The maximum Gasteiger partial charge on any atom is 0.226 e. The van der Waals surface area contributed by atoms with Gasteiger partial charge in [-0.2, -0.15) is 0 Å². The van der Waals surface area contributed by atoms with Crippen molar-refractivity contribution in [3.8, 4) is 0 Å². The van der Waals surface area contributed by atoms with Crippen LogP contribution < -0.4 is 10.6 Å². The summed E-state index contributed by atoms with van der Waals surface area (Å²) in [6.45, 7) is 4.59. The van der Waals surface area contributed by atoms with Crippen LogP contribution >= 0.6 is 0 Å². The Morgan fingerprint density at radius 1 is 1.10 bits per heavy atom. The molecule has 2 N–H and O–H groups in total. The Morgan fingerprint density at radius 3 is 2.43 bits per heavy atom. The smallest absolute Gasteiger partial charge is 0.226 e. The summed E-state index contributed by atoms with van der Waals surface area (Å²) in [7, 11) is 0. The maximum absolute atomic E-state index is 13.0. The molecule has 0 heterocycles. The quantitative estimate of drug-likeness (QED) is 0.875. The average molecular weight is 286 g/mol. The summed E-state index contributed by atoms with van der Waals surface area (Å²) in [5.41, 5.74) is 3.85. The van der Waals surface area contributed by atoms with Gasteiger partial charge in [0.05, 0.1) is 0 Å². The minimum absolute atomic E-state index is 0.140. The molecule has 0 saturated carbocycles. The van der Waals surface area contributed by atoms with E-state index in [4.69, 9.17) is 0 Å². The number of halogens is 1. The van der Waals surface area contributed by atoms with Crippen molar-refractivity contribution in [1.29, 1.82) is 0 Å². The molecule has 0 unspecified atom stereocenters. The van der Waals surface area contributed by atoms with Crippen LogP contribution in [0.2, 0.25) is 0 Å². The molecule has 4 heteroatoms. The zero-order chi connectivity index (χ0) is 15.2. The van der Waals surface area contributed by atoms with Crippen molar-refractivity contribution < 1.29 is 9.18 Å². The summed E-state index contributed by atoms with van der Waals surface area (Å²) in [5, 5.41) is 5.95. The van der Waals surface area contributed by atoms with Gasteiger partial charge in [-0.25, -0.2) is 4.39 Å². The molecule has 3 nitrogen and oxygen atoms in total. The molecule has 2 rings (SSSR count). The number of hydrogen-bond donors (Lipinski definition) is 2. The second-order valence-electron chi connectivity index (χ2n) is 5.00. The summed E-state index contributed by atoms with van der Waals surface area (Å²) in [5.74, 6) is -0.499. The van der Waals surface area contributed by atoms with Crippen molar-refractivity contribution in [2.45, 2.75) is 20.3 Å². The number of nitrogens with one attached hydrogen (secondary N) is 2. The van der Waals surface area contributed by atoms with E-state index in [2.05, 4.69) is 10.6 Å². The Hall–Kier alpha value is -2.36. The molecule has 0 atom stereocenters. The van der Waals surface area contributed by atoms with Gasteiger partial charge in [0.2, 0.25) is 5.91 Å². The fraction of sp³-hybridized carbons (Fsp3) is 0.235. The number of benzene rings is 2. The number of carbonyl (C=O) groups is 1. The molecule has 0 saturated heterocycles. The van der Waals surface area contributed by atoms with Crippen LogP contribution in [0, 0.1) is 19.7 Å². The molecule has 0 bridgehead atoms. The summed E-state index contributed by atoms with van der Waals surface area (Å²) in [6.07, 6.45) is 0.324. The van der Waals surface area contributed by atoms with Crippen molar-refractivity contribution in [3.05, 3.63) is 59.4 Å². The molecule has 0 aromatic heterocycles. The van der Waals surface area contributed by atoms with Gasteiger partial charge in [0.15, 0.2) is 0 Å². The van der Waals surface area contributed by atoms with Gasteiger partial charge >= 0.3 is 0 Å². The van der Waals surface area contributed by atoms with Gasteiger partial charge in [-0.15, -0.1) is 0 Å². The van der Waals surface area contributed by atoms with Gasteiger partial charge in [0, 0.05) is 24.3 Å². The largest absolute Gasteiger partial charge is 0.384 e. The normalized spacial score (nSPS) is 10.2. The molecule has 1 amide bonds. The van der Waals surface area contributed by atoms with Crippen molar-refractivity contribution in [2.24, 2.45) is 0 Å². The molecule has 0 aliphatic carbocycles. The number of rotatable bonds is 5. The lowest BCUT2D eigenvalue weighted by atomic mass is 10.1. The minimum atomic E-state index is -0.360. The fourth-order valence-corrected chi connectivity index (χ4v) is 2.18. The molecule has 0 spiro atoms. The Balaban J connectivity index is 1.85. The molecule has 0 aliphatic heterocycles. The zero-order valence-corrected chi connectivity index (χ0v) is 12.2. The van der Waals surface area contributed by atoms with Gasteiger partial charge in [-0.1, -0.05) is 24.3 Å². The standard InChI is InChI=1S/C17H19FN2O/c1-12-5-3-6-13(2)17(12)19-10-9-16(21)20-15-8-4-7-14(18)11-15/h3-8,11,19H,9-10H2,1-2H3,(H,20,21). The van der Waals surface area contributed by atoms with Crippen LogP contribution in [0.3, 0.4) is 0 Å². The molecular formula is C17H19FN2O. The molecule has 21 heavy (non-hydrogen) atoms. The highest BCUT2D eigenvalue weighted by Crippen LogP contribution is 2.19. The molecule has 2 aromatic carbocycles. The lowest BCUT2D eigenvalue weighted by Gasteiger charge is -2.12. The van der Waals surface area contributed by atoms with Crippen LogP contribution in [-0.2, 0) is 4.79 Å². The molecule has 0 aliphatic rings. The highest BCUT2D eigenvalue weighted by Gasteiger charge is 2.05. The van der Waals surface area contributed by atoms with E-state index in [1.54, 1.807) is 12.1 Å². The van der Waals surface area contributed by atoms with E-state index in [1.807, 2.05) is 32.0 Å². The predicted molar refractivity (Wildman–Crippen MR) is 84.1 cm³/mol. The lowest BCUT2D eigenvalue weighted by Crippen LogP contribution is -2.16. The summed E-state index contributed by atoms with van der Waals surface area (Å²) in [6, 6.07) is 11.9. The Bertz CT molecular complexity index is 620. The first-order valence-electron chi connectivity index (χ1n) is 6.92. The van der Waals surface area contributed by atoms with Crippen LogP contribution in [0.4, 0.5) is 15.8 Å². The maximum atomic E-state index is 13.0. The Kier molecular flexibility index (Phi) is 4.93. The highest BCUT2D eigenvalue weighted by molar-refractivity contribution is 5.91. The first kappa shape index (κ1) is 15.0. The topological polar surface area (TPSA) is 41.1 Å². The number of carbonyl (C=O) groups excluding carboxylic acids is 1. The fourth-order valence-electron chi connectivity index (χ4n) is 2.18. The Labute approximate surface area is 124 Å². The molecule has 0 radical (unpaired) electrons. The van der Waals surface area contributed by atoms with Gasteiger partial charge in [-0.3, -0.25) is 4.79 Å². The van der Waals surface area contributed by atoms with Crippen molar-refractivity contribution in [3.63, 3.8) is 0 Å². The number of aryl methyl sites for hydroxylation is 2. The van der Waals surface area contributed by atoms with Gasteiger partial charge in [0.25, 0.3) is 0 Å². The first-order chi connectivity index (χ1) is 10.1. The monoisotopic (exact) mass is 286 g/mol. The van der Waals surface area contributed by atoms with Crippen molar-refractivity contribution in [2.75, 3.05) is 17.2 Å². The van der Waals surface area contributed by atoms with Crippen molar-refractivity contribution >= 4 is 17.3 Å². The van der Waals surface area contributed by atoms with Gasteiger partial charge in [0.1, 0.15) is 5.82 Å². The van der Waals surface area contributed by atoms with E-state index in [-0.39, 0.29) is 11.7 Å². The molecule has 2 aromatic rings. The van der Waals surface area contributed by atoms with Crippen LogP contribution in [0.15, 0.2) is 42.5 Å². The van der Waals surface area contributed by atoms with Crippen LogP contribution in [0.5, 0.6) is 0 Å². The number of para-hydroxylation sites is 1. The molecule has 110 valence electrons. The second kappa shape index (κ2) is 6.88. The molecule has 0 fully saturated rings. The minimum Gasteiger partial charge on any atom is -0.384 e. The highest BCUT2D eigenvalue weighted by atomic mass is 19.1. The summed E-state index contributed by atoms with van der Waals surface area (Å²) in [4.78, 5) is 11.8. The summed E-state index contributed by atoms with van der Waals surface area (Å²) >= 11 is 0. The summed E-state index contributed by atoms with van der Waals surface area (Å²) < 4.78 is 13.0. The van der Waals surface area contributed by atoms with E-state index in [1.165, 1.54) is 12.1 Å². The van der Waals surface area contributed by atoms with Crippen molar-refractivity contribution in [1.82, 2.24) is 0 Å². The van der Waals surface area contributed by atoms with Gasteiger partial charge in [-0.05, 0) is 43.2 Å². The third-order valence-corrected chi connectivity index (χ3v) is 3.24. The van der Waals surface area contributed by atoms with E-state index in [9.17, 15) is 9.18 Å². The van der Waals surface area contributed by atoms with Crippen LogP contribution in [0.25, 0.3) is 0 Å². The van der Waals surface area contributed by atoms with E-state index in [0.717, 1.165) is 16.8 Å². The Morgan fingerprint density at radius 2 is 1.76 bits per heavy atom. The lowest BCUT2D eigenvalue weighted by molar-refractivity contribution is -0.115. The van der Waals surface area contributed by atoms with E-state index < -0.39 is 0 Å². The number of amides is 1.